The zero-order valence-corrected chi connectivity index (χ0v) is 12.0. The molecule has 1 amide bonds. The highest BCUT2D eigenvalue weighted by atomic mass is 16.6. The van der Waals surface area contributed by atoms with Crippen molar-refractivity contribution in [1.82, 2.24) is 4.90 Å². The van der Waals surface area contributed by atoms with E-state index < -0.39 is 0 Å². The summed E-state index contributed by atoms with van der Waals surface area (Å²) in [6, 6.07) is 0. The molecule has 0 atom stereocenters. The Hall–Kier alpha value is -0.730. The van der Waals surface area contributed by atoms with E-state index in [0.29, 0.717) is 18.4 Å². The van der Waals surface area contributed by atoms with E-state index in [1.54, 1.807) is 0 Å². The summed E-state index contributed by atoms with van der Waals surface area (Å²) in [6.45, 7) is 13.1. The Morgan fingerprint density at radius 3 is 2.35 bits per heavy atom. The van der Waals surface area contributed by atoms with Crippen molar-refractivity contribution in [3.05, 3.63) is 0 Å². The highest BCUT2D eigenvalue weighted by Gasteiger charge is 2.42. The van der Waals surface area contributed by atoms with Gasteiger partial charge in [0.2, 0.25) is 0 Å². The van der Waals surface area contributed by atoms with E-state index in [-0.39, 0.29) is 11.5 Å². The van der Waals surface area contributed by atoms with Crippen molar-refractivity contribution in [3.8, 4) is 0 Å². The summed E-state index contributed by atoms with van der Waals surface area (Å²) in [4.78, 5) is 13.7. The molecule has 3 nitrogen and oxygen atoms in total. The van der Waals surface area contributed by atoms with E-state index in [9.17, 15) is 4.79 Å². The lowest BCUT2D eigenvalue weighted by molar-refractivity contribution is 0.00425. The van der Waals surface area contributed by atoms with E-state index in [1.807, 2.05) is 11.8 Å². The average Bonchev–Trinajstić information content (AvgIpc) is 2.29. The number of carbonyl (C=O) groups is 1. The number of piperidine rings is 1. The van der Waals surface area contributed by atoms with E-state index >= 15 is 0 Å². The molecule has 0 spiro atoms. The number of nitrogens with zero attached hydrogens (tertiary/aromatic N) is 1. The van der Waals surface area contributed by atoms with Gasteiger partial charge in [-0.05, 0) is 37.0 Å². The summed E-state index contributed by atoms with van der Waals surface area (Å²) in [5.41, 5.74) is 0.255. The van der Waals surface area contributed by atoms with Gasteiger partial charge in [0.15, 0.2) is 0 Å². The third-order valence-electron chi connectivity index (χ3n) is 4.38. The summed E-state index contributed by atoms with van der Waals surface area (Å²) in [7, 11) is 0. The standard InChI is InChI=1S/C14H27NO2/c1-6-17-13(16)15-9-7-8-14(10-15,11(2)3)12(4)5/h11-12H,6-10H2,1-5H3. The van der Waals surface area contributed by atoms with Gasteiger partial charge >= 0.3 is 6.09 Å². The van der Waals surface area contributed by atoms with Crippen LogP contribution < -0.4 is 0 Å². The molecule has 0 aromatic carbocycles. The average molecular weight is 241 g/mol. The Bertz CT molecular complexity index is 253. The first-order valence-corrected chi connectivity index (χ1v) is 6.85. The minimum atomic E-state index is -0.141. The number of hydrogen-bond donors (Lipinski definition) is 0. The molecule has 1 aliphatic heterocycles. The molecule has 1 rings (SSSR count). The van der Waals surface area contributed by atoms with Gasteiger partial charge in [0.1, 0.15) is 0 Å². The van der Waals surface area contributed by atoms with Gasteiger partial charge < -0.3 is 9.64 Å². The molecule has 0 radical (unpaired) electrons. The fourth-order valence-corrected chi connectivity index (χ4v) is 3.09. The van der Waals surface area contributed by atoms with Crippen LogP contribution in [-0.4, -0.2) is 30.7 Å². The van der Waals surface area contributed by atoms with Crippen LogP contribution in [0, 0.1) is 17.3 Å². The Balaban J connectivity index is 2.78. The molecular formula is C14H27NO2. The lowest BCUT2D eigenvalue weighted by Gasteiger charge is -2.48. The maximum absolute atomic E-state index is 11.8. The maximum Gasteiger partial charge on any atom is 0.409 e. The topological polar surface area (TPSA) is 29.5 Å². The number of likely N-dealkylation sites (tertiary alicyclic amines) is 1. The number of ether oxygens (including phenoxy) is 1. The van der Waals surface area contributed by atoms with Gasteiger partial charge in [-0.1, -0.05) is 27.7 Å². The van der Waals surface area contributed by atoms with E-state index in [4.69, 9.17) is 4.74 Å². The second kappa shape index (κ2) is 5.74. The van der Waals surface area contributed by atoms with Gasteiger partial charge in [0, 0.05) is 13.1 Å². The number of carbonyl (C=O) groups excluding carboxylic acids is 1. The molecule has 17 heavy (non-hydrogen) atoms. The normalized spacial score (nSPS) is 19.8. The summed E-state index contributed by atoms with van der Waals surface area (Å²) in [6.07, 6.45) is 2.17. The SMILES string of the molecule is CCOC(=O)N1CCCC(C(C)C)(C(C)C)C1. The highest BCUT2D eigenvalue weighted by Crippen LogP contribution is 2.43. The van der Waals surface area contributed by atoms with Gasteiger partial charge in [0.25, 0.3) is 0 Å². The van der Waals surface area contributed by atoms with Crippen LogP contribution in [0.3, 0.4) is 0 Å². The number of hydrogen-bond acceptors (Lipinski definition) is 2. The first-order chi connectivity index (χ1) is 7.94. The second-order valence-corrected chi connectivity index (χ2v) is 5.77. The van der Waals surface area contributed by atoms with Crippen LogP contribution in [-0.2, 0) is 4.74 Å². The Labute approximate surface area is 106 Å². The second-order valence-electron chi connectivity index (χ2n) is 5.77. The fourth-order valence-electron chi connectivity index (χ4n) is 3.09. The molecular weight excluding hydrogens is 214 g/mol. The molecule has 100 valence electrons. The molecule has 0 unspecified atom stereocenters. The minimum absolute atomic E-state index is 0.141. The summed E-state index contributed by atoms with van der Waals surface area (Å²) < 4.78 is 5.12. The van der Waals surface area contributed by atoms with Gasteiger partial charge in [-0.15, -0.1) is 0 Å². The van der Waals surface area contributed by atoms with Crippen molar-refractivity contribution in [2.45, 2.75) is 47.5 Å². The molecule has 0 aromatic rings. The summed E-state index contributed by atoms with van der Waals surface area (Å²) >= 11 is 0. The van der Waals surface area contributed by atoms with Crippen molar-refractivity contribution < 1.29 is 9.53 Å². The van der Waals surface area contributed by atoms with Crippen LogP contribution >= 0.6 is 0 Å². The molecule has 1 heterocycles. The minimum Gasteiger partial charge on any atom is -0.450 e. The monoisotopic (exact) mass is 241 g/mol. The zero-order chi connectivity index (χ0) is 13.1. The Morgan fingerprint density at radius 1 is 1.29 bits per heavy atom. The first-order valence-electron chi connectivity index (χ1n) is 6.85. The van der Waals surface area contributed by atoms with Crippen molar-refractivity contribution in [1.29, 1.82) is 0 Å². The molecule has 1 aliphatic rings. The van der Waals surface area contributed by atoms with Gasteiger partial charge in [-0.2, -0.15) is 0 Å². The Morgan fingerprint density at radius 2 is 1.88 bits per heavy atom. The first kappa shape index (κ1) is 14.3. The molecule has 0 aromatic heterocycles. The van der Waals surface area contributed by atoms with Crippen molar-refractivity contribution in [2.75, 3.05) is 19.7 Å². The smallest absolute Gasteiger partial charge is 0.409 e. The fraction of sp³-hybridized carbons (Fsp3) is 0.929. The summed E-state index contributed by atoms with van der Waals surface area (Å²) in [5.74, 6) is 1.19. The van der Waals surface area contributed by atoms with Crippen LogP contribution in [0.5, 0.6) is 0 Å². The molecule has 3 heteroatoms. The maximum atomic E-state index is 11.8. The predicted octanol–water partition coefficient (Wildman–Crippen LogP) is 3.54. The highest BCUT2D eigenvalue weighted by molar-refractivity contribution is 5.67. The van der Waals surface area contributed by atoms with Crippen LogP contribution in [0.25, 0.3) is 0 Å². The van der Waals surface area contributed by atoms with Crippen molar-refractivity contribution in [3.63, 3.8) is 0 Å². The van der Waals surface area contributed by atoms with E-state index in [2.05, 4.69) is 27.7 Å². The molecule has 0 bridgehead atoms. The van der Waals surface area contributed by atoms with Gasteiger partial charge in [-0.25, -0.2) is 4.79 Å². The van der Waals surface area contributed by atoms with Crippen molar-refractivity contribution >= 4 is 6.09 Å². The number of amides is 1. The number of rotatable bonds is 3. The zero-order valence-electron chi connectivity index (χ0n) is 12.0. The quantitative estimate of drug-likeness (QED) is 0.756. The molecule has 0 N–H and O–H groups in total. The van der Waals surface area contributed by atoms with Crippen LogP contribution in [0.4, 0.5) is 4.79 Å². The Kier molecular flexibility index (Phi) is 4.84. The third-order valence-corrected chi connectivity index (χ3v) is 4.38. The predicted molar refractivity (Wildman–Crippen MR) is 69.9 cm³/mol. The van der Waals surface area contributed by atoms with E-state index in [0.717, 1.165) is 19.5 Å². The van der Waals surface area contributed by atoms with Crippen LogP contribution in [0.15, 0.2) is 0 Å². The summed E-state index contributed by atoms with van der Waals surface area (Å²) in [5, 5.41) is 0. The van der Waals surface area contributed by atoms with Crippen molar-refractivity contribution in [2.24, 2.45) is 17.3 Å². The van der Waals surface area contributed by atoms with Gasteiger partial charge in [0.05, 0.1) is 6.61 Å². The molecule has 0 aliphatic carbocycles. The third kappa shape index (κ3) is 2.93. The van der Waals surface area contributed by atoms with Crippen LogP contribution in [0.1, 0.15) is 47.5 Å². The van der Waals surface area contributed by atoms with E-state index in [1.165, 1.54) is 6.42 Å². The lowest BCUT2D eigenvalue weighted by Crippen LogP contribution is -2.51. The molecule has 1 fully saturated rings. The van der Waals surface area contributed by atoms with Crippen LogP contribution in [0.2, 0.25) is 0 Å². The molecule has 1 saturated heterocycles. The van der Waals surface area contributed by atoms with Gasteiger partial charge in [-0.3, -0.25) is 0 Å². The lowest BCUT2D eigenvalue weighted by atomic mass is 9.64. The molecule has 0 saturated carbocycles. The largest absolute Gasteiger partial charge is 0.450 e.